The Labute approximate surface area is 101 Å². The second kappa shape index (κ2) is 3.92. The summed E-state index contributed by atoms with van der Waals surface area (Å²) < 4.78 is 5.21. The summed E-state index contributed by atoms with van der Waals surface area (Å²) in [5.74, 6) is -0.664. The van der Waals surface area contributed by atoms with Crippen molar-refractivity contribution in [1.29, 1.82) is 0 Å². The maximum absolute atomic E-state index is 11.0. The van der Waals surface area contributed by atoms with Crippen molar-refractivity contribution < 1.29 is 9.21 Å². The van der Waals surface area contributed by atoms with Crippen LogP contribution >= 0.6 is 0 Å². The van der Waals surface area contributed by atoms with E-state index in [2.05, 4.69) is 15.0 Å². The van der Waals surface area contributed by atoms with Gasteiger partial charge in [0.15, 0.2) is 12.0 Å². The van der Waals surface area contributed by atoms with Gasteiger partial charge in [-0.3, -0.25) is 4.79 Å². The average Bonchev–Trinajstić information content (AvgIpc) is 2.86. The van der Waals surface area contributed by atoms with Crippen LogP contribution in [0, 0.1) is 0 Å². The summed E-state index contributed by atoms with van der Waals surface area (Å²) in [6, 6.07) is 7.16. The Balaban J connectivity index is 2.13. The van der Waals surface area contributed by atoms with Crippen LogP contribution in [0.2, 0.25) is 0 Å². The molecule has 1 amide bonds. The highest BCUT2D eigenvalue weighted by Gasteiger charge is 2.08. The third-order valence-corrected chi connectivity index (χ3v) is 2.50. The summed E-state index contributed by atoms with van der Waals surface area (Å²) in [7, 11) is 0. The largest absolute Gasteiger partial charge is 0.443 e. The second-order valence-electron chi connectivity index (χ2n) is 3.66. The lowest BCUT2D eigenvalue weighted by Crippen LogP contribution is -2.15. The molecule has 6 heteroatoms. The Kier molecular flexibility index (Phi) is 2.26. The first-order chi connectivity index (χ1) is 8.74. The molecule has 0 aliphatic rings. The summed E-state index contributed by atoms with van der Waals surface area (Å²) in [4.78, 5) is 22.9. The van der Waals surface area contributed by atoms with E-state index < -0.39 is 5.91 Å². The lowest BCUT2D eigenvalue weighted by molar-refractivity contribution is 0.0990. The Morgan fingerprint density at radius 2 is 2.11 bits per heavy atom. The van der Waals surface area contributed by atoms with Crippen molar-refractivity contribution in [2.45, 2.75) is 0 Å². The van der Waals surface area contributed by atoms with Crippen LogP contribution < -0.4 is 5.73 Å². The molecular formula is C12H8N4O2. The molecular weight excluding hydrogens is 232 g/mol. The topological polar surface area (TPSA) is 94.9 Å². The van der Waals surface area contributed by atoms with Gasteiger partial charge in [-0.1, -0.05) is 6.07 Å². The minimum Gasteiger partial charge on any atom is -0.443 e. The van der Waals surface area contributed by atoms with Gasteiger partial charge >= 0.3 is 0 Å². The quantitative estimate of drug-likeness (QED) is 0.730. The molecule has 0 aliphatic carbocycles. The zero-order valence-electron chi connectivity index (χ0n) is 9.20. The van der Waals surface area contributed by atoms with Crippen molar-refractivity contribution in [1.82, 2.24) is 15.0 Å². The van der Waals surface area contributed by atoms with Gasteiger partial charge in [-0.25, -0.2) is 15.0 Å². The number of oxazole rings is 1. The van der Waals surface area contributed by atoms with E-state index in [0.29, 0.717) is 11.3 Å². The van der Waals surface area contributed by atoms with Crippen molar-refractivity contribution in [3.63, 3.8) is 0 Å². The van der Waals surface area contributed by atoms with Crippen LogP contribution in [0.1, 0.15) is 10.6 Å². The van der Waals surface area contributed by atoms with Gasteiger partial charge < -0.3 is 10.2 Å². The van der Waals surface area contributed by atoms with Gasteiger partial charge in [0.05, 0.1) is 5.69 Å². The molecule has 0 radical (unpaired) electrons. The van der Waals surface area contributed by atoms with E-state index in [1.165, 1.54) is 12.6 Å². The molecule has 88 valence electrons. The molecule has 6 nitrogen and oxygen atoms in total. The van der Waals surface area contributed by atoms with Gasteiger partial charge in [0, 0.05) is 11.8 Å². The number of aromatic nitrogens is 3. The fourth-order valence-corrected chi connectivity index (χ4v) is 1.65. The van der Waals surface area contributed by atoms with Crippen molar-refractivity contribution in [2.75, 3.05) is 0 Å². The standard InChI is InChI=1S/C12H8N4O2/c13-11(17)12-14-4-3-8(16-12)7-1-2-9-10(5-7)18-6-15-9/h1-6H,(H2,13,17). The zero-order valence-corrected chi connectivity index (χ0v) is 9.20. The number of benzene rings is 1. The smallest absolute Gasteiger partial charge is 0.286 e. The molecule has 0 spiro atoms. The molecule has 2 N–H and O–H groups in total. The molecule has 1 aromatic carbocycles. The monoisotopic (exact) mass is 240 g/mol. The lowest BCUT2D eigenvalue weighted by Gasteiger charge is -2.01. The number of fused-ring (bicyclic) bond motifs is 1. The van der Waals surface area contributed by atoms with Crippen molar-refractivity contribution in [3.05, 3.63) is 42.7 Å². The first kappa shape index (κ1) is 10.4. The predicted molar refractivity (Wildman–Crippen MR) is 63.6 cm³/mol. The van der Waals surface area contributed by atoms with E-state index in [4.69, 9.17) is 10.2 Å². The Morgan fingerprint density at radius 1 is 1.22 bits per heavy atom. The number of amides is 1. The Morgan fingerprint density at radius 3 is 2.94 bits per heavy atom. The molecule has 3 aromatic rings. The molecule has 0 saturated carbocycles. The number of hydrogen-bond acceptors (Lipinski definition) is 5. The summed E-state index contributed by atoms with van der Waals surface area (Å²) in [5.41, 5.74) is 7.99. The highest BCUT2D eigenvalue weighted by atomic mass is 16.3. The maximum Gasteiger partial charge on any atom is 0.286 e. The lowest BCUT2D eigenvalue weighted by atomic mass is 10.1. The van der Waals surface area contributed by atoms with Gasteiger partial charge in [0.2, 0.25) is 5.82 Å². The van der Waals surface area contributed by atoms with Crippen molar-refractivity contribution in [3.8, 4) is 11.3 Å². The molecule has 0 unspecified atom stereocenters. The third-order valence-electron chi connectivity index (χ3n) is 2.50. The molecule has 0 fully saturated rings. The van der Waals surface area contributed by atoms with Gasteiger partial charge in [-0.05, 0) is 18.2 Å². The SMILES string of the molecule is NC(=O)c1nccc(-c2ccc3ncoc3c2)n1. The minimum atomic E-state index is -0.655. The molecule has 0 atom stereocenters. The predicted octanol–water partition coefficient (Wildman–Crippen LogP) is 1.38. The van der Waals surface area contributed by atoms with Crippen LogP contribution in [0.15, 0.2) is 41.3 Å². The zero-order chi connectivity index (χ0) is 12.5. The number of hydrogen-bond donors (Lipinski definition) is 1. The van der Waals surface area contributed by atoms with E-state index in [-0.39, 0.29) is 5.82 Å². The number of nitrogens with zero attached hydrogens (tertiary/aromatic N) is 3. The van der Waals surface area contributed by atoms with Crippen LogP contribution in [0.3, 0.4) is 0 Å². The molecule has 0 saturated heterocycles. The summed E-state index contributed by atoms with van der Waals surface area (Å²) in [5, 5.41) is 0. The van der Waals surface area contributed by atoms with Gasteiger partial charge in [0.1, 0.15) is 5.52 Å². The van der Waals surface area contributed by atoms with E-state index >= 15 is 0 Å². The summed E-state index contributed by atoms with van der Waals surface area (Å²) in [6.45, 7) is 0. The van der Waals surface area contributed by atoms with Crippen molar-refractivity contribution >= 4 is 17.0 Å². The third kappa shape index (κ3) is 1.69. The van der Waals surface area contributed by atoms with Crippen LogP contribution in [0.5, 0.6) is 0 Å². The van der Waals surface area contributed by atoms with Crippen LogP contribution in [-0.4, -0.2) is 20.9 Å². The number of primary amides is 1. The average molecular weight is 240 g/mol. The van der Waals surface area contributed by atoms with E-state index in [0.717, 1.165) is 11.1 Å². The molecule has 18 heavy (non-hydrogen) atoms. The Bertz CT molecular complexity index is 736. The normalized spacial score (nSPS) is 10.7. The fraction of sp³-hybridized carbons (Fsp3) is 0. The van der Waals surface area contributed by atoms with Crippen LogP contribution in [-0.2, 0) is 0 Å². The maximum atomic E-state index is 11.0. The number of rotatable bonds is 2. The molecule has 2 aromatic heterocycles. The highest BCUT2D eigenvalue weighted by molar-refractivity contribution is 5.89. The summed E-state index contributed by atoms with van der Waals surface area (Å²) >= 11 is 0. The molecule has 0 bridgehead atoms. The summed E-state index contributed by atoms with van der Waals surface area (Å²) in [6.07, 6.45) is 2.87. The first-order valence-electron chi connectivity index (χ1n) is 5.20. The van der Waals surface area contributed by atoms with E-state index in [1.54, 1.807) is 12.1 Å². The molecule has 0 aliphatic heterocycles. The van der Waals surface area contributed by atoms with Crippen LogP contribution in [0.25, 0.3) is 22.4 Å². The van der Waals surface area contributed by atoms with Gasteiger partial charge in [-0.2, -0.15) is 0 Å². The van der Waals surface area contributed by atoms with Gasteiger partial charge in [-0.15, -0.1) is 0 Å². The molecule has 3 rings (SSSR count). The fourth-order valence-electron chi connectivity index (χ4n) is 1.65. The number of carbonyl (C=O) groups is 1. The minimum absolute atomic E-state index is 0.00910. The highest BCUT2D eigenvalue weighted by Crippen LogP contribution is 2.22. The Hall–Kier alpha value is -2.76. The van der Waals surface area contributed by atoms with Crippen LogP contribution in [0.4, 0.5) is 0 Å². The number of carbonyl (C=O) groups excluding carboxylic acids is 1. The van der Waals surface area contributed by atoms with E-state index in [1.807, 2.05) is 12.1 Å². The van der Waals surface area contributed by atoms with Crippen molar-refractivity contribution in [2.24, 2.45) is 5.73 Å². The number of nitrogens with two attached hydrogens (primary N) is 1. The van der Waals surface area contributed by atoms with E-state index in [9.17, 15) is 4.79 Å². The first-order valence-corrected chi connectivity index (χ1v) is 5.20. The molecule has 2 heterocycles. The van der Waals surface area contributed by atoms with Gasteiger partial charge in [0.25, 0.3) is 5.91 Å². The second-order valence-corrected chi connectivity index (χ2v) is 3.66.